The molecule has 110 valence electrons. The maximum Gasteiger partial charge on any atom is 0.311 e. The largest absolute Gasteiger partial charge is 0.481 e. The van der Waals surface area contributed by atoms with E-state index >= 15 is 0 Å². The Bertz CT molecular complexity index is 623. The number of hydrogen-bond acceptors (Lipinski definition) is 2. The van der Waals surface area contributed by atoms with E-state index in [-0.39, 0.29) is 0 Å². The molecule has 0 spiro atoms. The van der Waals surface area contributed by atoms with Crippen LogP contribution in [0.5, 0.6) is 0 Å². The predicted molar refractivity (Wildman–Crippen MR) is 86.3 cm³/mol. The van der Waals surface area contributed by atoms with Gasteiger partial charge in [0.1, 0.15) is 0 Å². The third-order valence-corrected chi connectivity index (χ3v) is 3.69. The Morgan fingerprint density at radius 3 is 2.43 bits per heavy atom. The normalized spacial score (nSPS) is 12.0. The van der Waals surface area contributed by atoms with Crippen molar-refractivity contribution in [3.05, 3.63) is 64.7 Å². The summed E-state index contributed by atoms with van der Waals surface area (Å²) in [6, 6.07) is 14.9. The van der Waals surface area contributed by atoms with Gasteiger partial charge in [0.15, 0.2) is 0 Å². The molecule has 0 aromatic heterocycles. The Morgan fingerprint density at radius 1 is 1.19 bits per heavy atom. The predicted octanol–water partition coefficient (Wildman–Crippen LogP) is 3.82. The molecule has 0 heterocycles. The van der Waals surface area contributed by atoms with Crippen LogP contribution in [0.25, 0.3) is 0 Å². The third kappa shape index (κ3) is 3.99. The number of aliphatic carboxylic acids is 1. The van der Waals surface area contributed by atoms with E-state index in [0.717, 1.165) is 16.8 Å². The highest BCUT2D eigenvalue weighted by Crippen LogP contribution is 2.25. The Balaban J connectivity index is 2.28. The summed E-state index contributed by atoms with van der Waals surface area (Å²) in [4.78, 5) is 13.6. The molecule has 3 nitrogen and oxygen atoms in total. The van der Waals surface area contributed by atoms with Crippen LogP contribution in [-0.4, -0.2) is 25.2 Å². The average Bonchev–Trinajstić information content (AvgIpc) is 2.46. The van der Waals surface area contributed by atoms with Crippen molar-refractivity contribution in [2.24, 2.45) is 0 Å². The first-order valence-corrected chi connectivity index (χ1v) is 7.09. The molecule has 0 aliphatic carbocycles. The number of carbonyl (C=O) groups is 1. The van der Waals surface area contributed by atoms with E-state index in [0.29, 0.717) is 11.4 Å². The van der Waals surface area contributed by atoms with Crippen molar-refractivity contribution >= 4 is 23.3 Å². The van der Waals surface area contributed by atoms with Gasteiger partial charge in [-0.3, -0.25) is 4.79 Å². The summed E-state index contributed by atoms with van der Waals surface area (Å²) < 4.78 is 0. The number of carboxylic acids is 1. The van der Waals surface area contributed by atoms with E-state index in [1.54, 1.807) is 12.1 Å². The number of nitrogens with zero attached hydrogens (tertiary/aromatic N) is 1. The van der Waals surface area contributed by atoms with Gasteiger partial charge in [0, 0.05) is 24.8 Å². The van der Waals surface area contributed by atoms with Gasteiger partial charge in [-0.15, -0.1) is 0 Å². The Hall–Kier alpha value is -2.00. The lowest BCUT2D eigenvalue weighted by Crippen LogP contribution is -2.16. The van der Waals surface area contributed by atoms with Gasteiger partial charge in [0.2, 0.25) is 0 Å². The summed E-state index contributed by atoms with van der Waals surface area (Å²) in [6.07, 6.45) is 0.448. The fourth-order valence-corrected chi connectivity index (χ4v) is 2.35. The van der Waals surface area contributed by atoms with Gasteiger partial charge in [-0.25, -0.2) is 0 Å². The molecule has 0 saturated heterocycles. The summed E-state index contributed by atoms with van der Waals surface area (Å²) in [7, 11) is 3.88. The number of carboxylic acid groups (broad SMARTS) is 1. The third-order valence-electron chi connectivity index (χ3n) is 3.44. The lowest BCUT2D eigenvalue weighted by atomic mass is 9.92. The smallest absolute Gasteiger partial charge is 0.311 e. The van der Waals surface area contributed by atoms with Crippen molar-refractivity contribution in [2.45, 2.75) is 12.3 Å². The minimum absolute atomic E-state index is 0.448. The molecule has 21 heavy (non-hydrogen) atoms. The zero-order chi connectivity index (χ0) is 15.4. The topological polar surface area (TPSA) is 40.5 Å². The van der Waals surface area contributed by atoms with Gasteiger partial charge in [-0.05, 0) is 41.8 Å². The Kier molecular flexibility index (Phi) is 4.86. The molecule has 4 heteroatoms. The van der Waals surface area contributed by atoms with Gasteiger partial charge in [0.25, 0.3) is 0 Å². The SMILES string of the molecule is CN(C)c1cccc(C(Cc2ccc(Cl)cc2)C(=O)O)c1. The molecule has 0 bridgehead atoms. The number of hydrogen-bond donors (Lipinski definition) is 1. The second kappa shape index (κ2) is 6.64. The highest BCUT2D eigenvalue weighted by atomic mass is 35.5. The van der Waals surface area contributed by atoms with Gasteiger partial charge < -0.3 is 10.0 Å². The average molecular weight is 304 g/mol. The number of halogens is 1. The fourth-order valence-electron chi connectivity index (χ4n) is 2.22. The lowest BCUT2D eigenvalue weighted by Gasteiger charge is -2.17. The monoisotopic (exact) mass is 303 g/mol. The molecule has 0 saturated carbocycles. The van der Waals surface area contributed by atoms with Crippen LogP contribution < -0.4 is 4.90 Å². The standard InChI is InChI=1S/C17H18ClNO2/c1-19(2)15-5-3-4-13(11-15)16(17(20)21)10-12-6-8-14(18)9-7-12/h3-9,11,16H,10H2,1-2H3,(H,20,21). The van der Waals surface area contributed by atoms with Crippen LogP contribution in [0.4, 0.5) is 5.69 Å². The quantitative estimate of drug-likeness (QED) is 0.913. The summed E-state index contributed by atoms with van der Waals surface area (Å²) in [5, 5.41) is 10.2. The van der Waals surface area contributed by atoms with Crippen molar-refractivity contribution in [1.82, 2.24) is 0 Å². The molecule has 0 aliphatic rings. The second-order valence-electron chi connectivity index (χ2n) is 5.21. The summed E-state index contributed by atoms with van der Waals surface area (Å²) in [5.41, 5.74) is 2.76. The number of benzene rings is 2. The van der Waals surface area contributed by atoms with Crippen LogP contribution in [-0.2, 0) is 11.2 Å². The first-order valence-electron chi connectivity index (χ1n) is 6.72. The molecule has 0 amide bonds. The van der Waals surface area contributed by atoms with Crippen LogP contribution in [0.1, 0.15) is 17.0 Å². The maximum absolute atomic E-state index is 11.6. The van der Waals surface area contributed by atoms with Crippen LogP contribution in [0.15, 0.2) is 48.5 Å². The number of anilines is 1. The number of rotatable bonds is 5. The fraction of sp³-hybridized carbons (Fsp3) is 0.235. The molecule has 0 fully saturated rings. The molecule has 0 radical (unpaired) electrons. The van der Waals surface area contributed by atoms with Gasteiger partial charge in [0.05, 0.1) is 5.92 Å². The highest BCUT2D eigenvalue weighted by Gasteiger charge is 2.20. The van der Waals surface area contributed by atoms with E-state index in [1.807, 2.05) is 55.4 Å². The first kappa shape index (κ1) is 15.4. The molecule has 0 aliphatic heterocycles. The molecular formula is C17H18ClNO2. The van der Waals surface area contributed by atoms with Crippen molar-refractivity contribution in [3.63, 3.8) is 0 Å². The maximum atomic E-state index is 11.6. The van der Waals surface area contributed by atoms with Gasteiger partial charge in [-0.1, -0.05) is 35.9 Å². The molecule has 2 rings (SSSR count). The minimum Gasteiger partial charge on any atom is -0.481 e. The van der Waals surface area contributed by atoms with Crippen LogP contribution in [0.2, 0.25) is 5.02 Å². The van der Waals surface area contributed by atoms with Crippen LogP contribution in [0.3, 0.4) is 0 Å². The molecule has 1 N–H and O–H groups in total. The Morgan fingerprint density at radius 2 is 1.86 bits per heavy atom. The Labute approximate surface area is 129 Å². The lowest BCUT2D eigenvalue weighted by molar-refractivity contribution is -0.138. The van der Waals surface area contributed by atoms with Crippen LogP contribution in [0, 0.1) is 0 Å². The zero-order valence-electron chi connectivity index (χ0n) is 12.1. The van der Waals surface area contributed by atoms with E-state index in [1.165, 1.54) is 0 Å². The van der Waals surface area contributed by atoms with Crippen molar-refractivity contribution in [3.8, 4) is 0 Å². The first-order chi connectivity index (χ1) is 9.97. The summed E-state index contributed by atoms with van der Waals surface area (Å²) in [5.74, 6) is -1.38. The van der Waals surface area contributed by atoms with Crippen molar-refractivity contribution in [2.75, 3.05) is 19.0 Å². The van der Waals surface area contributed by atoms with E-state index in [2.05, 4.69) is 0 Å². The van der Waals surface area contributed by atoms with E-state index in [4.69, 9.17) is 11.6 Å². The summed E-state index contributed by atoms with van der Waals surface area (Å²) >= 11 is 5.86. The second-order valence-corrected chi connectivity index (χ2v) is 5.65. The van der Waals surface area contributed by atoms with Gasteiger partial charge >= 0.3 is 5.97 Å². The highest BCUT2D eigenvalue weighted by molar-refractivity contribution is 6.30. The van der Waals surface area contributed by atoms with E-state index < -0.39 is 11.9 Å². The molecule has 1 atom stereocenters. The molecule has 2 aromatic rings. The van der Waals surface area contributed by atoms with E-state index in [9.17, 15) is 9.90 Å². The van der Waals surface area contributed by atoms with Crippen molar-refractivity contribution < 1.29 is 9.90 Å². The zero-order valence-corrected chi connectivity index (χ0v) is 12.8. The van der Waals surface area contributed by atoms with Gasteiger partial charge in [-0.2, -0.15) is 0 Å². The molecule has 2 aromatic carbocycles. The molecule has 1 unspecified atom stereocenters. The van der Waals surface area contributed by atoms with Crippen molar-refractivity contribution in [1.29, 1.82) is 0 Å². The summed E-state index contributed by atoms with van der Waals surface area (Å²) in [6.45, 7) is 0. The minimum atomic E-state index is -0.819. The van der Waals surface area contributed by atoms with Crippen LogP contribution >= 0.6 is 11.6 Å². The molecular weight excluding hydrogens is 286 g/mol.